The summed E-state index contributed by atoms with van der Waals surface area (Å²) in [6.45, 7) is 4.68. The van der Waals surface area contributed by atoms with Gasteiger partial charge in [0.1, 0.15) is 0 Å². The van der Waals surface area contributed by atoms with Gasteiger partial charge in [-0.15, -0.1) is 4.98 Å². The van der Waals surface area contributed by atoms with Gasteiger partial charge < -0.3 is 9.47 Å². The maximum absolute atomic E-state index is 8.46. The summed E-state index contributed by atoms with van der Waals surface area (Å²) in [5.74, 6) is 0.637. The van der Waals surface area contributed by atoms with Crippen LogP contribution in [0.5, 0.6) is 12.0 Å². The summed E-state index contributed by atoms with van der Waals surface area (Å²) in [5.41, 5.74) is 0. The van der Waals surface area contributed by atoms with E-state index in [9.17, 15) is 0 Å². The average molecular weight is 254 g/mol. The molecule has 7 heteroatoms. The Balaban J connectivity index is 2.76. The zero-order valence-corrected chi connectivity index (χ0v) is 10.7. The van der Waals surface area contributed by atoms with E-state index in [-0.39, 0.29) is 12.0 Å². The number of rotatable bonds is 7. The van der Waals surface area contributed by atoms with Crippen molar-refractivity contribution >= 4 is 11.8 Å². The van der Waals surface area contributed by atoms with Crippen molar-refractivity contribution in [3.63, 3.8) is 0 Å². The first-order valence-electron chi connectivity index (χ1n) is 5.31. The molecule has 0 aliphatic carbocycles. The van der Waals surface area contributed by atoms with Crippen LogP contribution in [0.3, 0.4) is 0 Å². The van der Waals surface area contributed by atoms with Crippen LogP contribution in [0.4, 0.5) is 0 Å². The fourth-order valence-corrected chi connectivity index (χ4v) is 1.62. The molecule has 1 aromatic heterocycles. The molecule has 0 bridgehead atoms. The van der Waals surface area contributed by atoms with Gasteiger partial charge >= 0.3 is 12.0 Å². The van der Waals surface area contributed by atoms with Gasteiger partial charge in [0.25, 0.3) is 0 Å². The van der Waals surface area contributed by atoms with E-state index in [2.05, 4.69) is 21.0 Å². The first-order chi connectivity index (χ1) is 8.30. The first kappa shape index (κ1) is 13.5. The van der Waals surface area contributed by atoms with Crippen molar-refractivity contribution in [2.75, 3.05) is 19.0 Å². The Kier molecular flexibility index (Phi) is 6.10. The van der Waals surface area contributed by atoms with Crippen LogP contribution < -0.4 is 9.47 Å². The van der Waals surface area contributed by atoms with Gasteiger partial charge in [-0.3, -0.25) is 0 Å². The van der Waals surface area contributed by atoms with Crippen LogP contribution in [0, 0.1) is 11.3 Å². The number of thioether (sulfide) groups is 1. The van der Waals surface area contributed by atoms with Crippen LogP contribution in [0.1, 0.15) is 20.3 Å². The summed E-state index contributed by atoms with van der Waals surface area (Å²) in [6.07, 6.45) is 0.449. The Hall–Kier alpha value is -1.55. The van der Waals surface area contributed by atoms with Gasteiger partial charge in [0.15, 0.2) is 5.16 Å². The SMILES string of the molecule is CCOc1nc(OCC)nc(SCCC#N)n1. The van der Waals surface area contributed by atoms with Crippen molar-refractivity contribution in [2.45, 2.75) is 25.4 Å². The second-order valence-corrected chi connectivity index (χ2v) is 3.87. The Morgan fingerprint density at radius 1 is 1.12 bits per heavy atom. The normalized spacial score (nSPS) is 9.71. The highest BCUT2D eigenvalue weighted by Crippen LogP contribution is 2.19. The van der Waals surface area contributed by atoms with Crippen molar-refractivity contribution in [1.82, 2.24) is 15.0 Å². The molecule has 0 N–H and O–H groups in total. The molecule has 0 saturated carbocycles. The molecule has 0 spiro atoms. The molecule has 6 nitrogen and oxygen atoms in total. The number of hydrogen-bond acceptors (Lipinski definition) is 7. The van der Waals surface area contributed by atoms with E-state index in [0.29, 0.717) is 30.5 Å². The van der Waals surface area contributed by atoms with Crippen LogP contribution >= 0.6 is 11.8 Å². The summed E-state index contributed by atoms with van der Waals surface area (Å²) < 4.78 is 10.4. The fraction of sp³-hybridized carbons (Fsp3) is 0.600. The summed E-state index contributed by atoms with van der Waals surface area (Å²) >= 11 is 1.38. The Labute approximate surface area is 104 Å². The third-order valence-electron chi connectivity index (χ3n) is 1.57. The van der Waals surface area contributed by atoms with Gasteiger partial charge in [-0.2, -0.15) is 15.2 Å². The van der Waals surface area contributed by atoms with E-state index >= 15 is 0 Å². The minimum atomic E-state index is 0.255. The Morgan fingerprint density at radius 3 is 2.18 bits per heavy atom. The second kappa shape index (κ2) is 7.68. The van der Waals surface area contributed by atoms with Crippen LogP contribution in [0.15, 0.2) is 5.16 Å². The molecule has 0 aliphatic heterocycles. The highest BCUT2D eigenvalue weighted by atomic mass is 32.2. The van der Waals surface area contributed by atoms with Crippen LogP contribution in [-0.2, 0) is 0 Å². The van der Waals surface area contributed by atoms with E-state index in [4.69, 9.17) is 14.7 Å². The average Bonchev–Trinajstić information content (AvgIpc) is 2.30. The highest BCUT2D eigenvalue weighted by Gasteiger charge is 2.08. The molecule has 0 aromatic carbocycles. The van der Waals surface area contributed by atoms with Crippen LogP contribution in [0.25, 0.3) is 0 Å². The lowest BCUT2D eigenvalue weighted by atomic mass is 10.6. The zero-order valence-electron chi connectivity index (χ0n) is 9.84. The molecule has 1 rings (SSSR count). The van der Waals surface area contributed by atoms with E-state index in [1.807, 2.05) is 13.8 Å². The molecule has 1 aromatic rings. The van der Waals surface area contributed by atoms with Crippen molar-refractivity contribution in [3.05, 3.63) is 0 Å². The molecule has 0 unspecified atom stereocenters. The molecule has 0 saturated heterocycles. The maximum atomic E-state index is 8.46. The third kappa shape index (κ3) is 4.87. The van der Waals surface area contributed by atoms with E-state index in [1.54, 1.807) is 0 Å². The van der Waals surface area contributed by atoms with Gasteiger partial charge in [-0.05, 0) is 13.8 Å². The van der Waals surface area contributed by atoms with Crippen molar-refractivity contribution < 1.29 is 9.47 Å². The summed E-state index contributed by atoms with van der Waals surface area (Å²) in [6, 6.07) is 2.57. The van der Waals surface area contributed by atoms with E-state index in [0.717, 1.165) is 0 Å². The predicted octanol–water partition coefficient (Wildman–Crippen LogP) is 1.67. The number of aromatic nitrogens is 3. The van der Waals surface area contributed by atoms with E-state index in [1.165, 1.54) is 11.8 Å². The molecule has 0 radical (unpaired) electrons. The maximum Gasteiger partial charge on any atom is 0.323 e. The van der Waals surface area contributed by atoms with Crippen LogP contribution in [-0.4, -0.2) is 33.9 Å². The molecule has 92 valence electrons. The zero-order chi connectivity index (χ0) is 12.5. The number of ether oxygens (including phenoxy) is 2. The summed E-state index contributed by atoms with van der Waals surface area (Å²) in [5, 5.41) is 8.97. The molecule has 1 heterocycles. The molecule has 0 aliphatic rings. The van der Waals surface area contributed by atoms with Crippen molar-refractivity contribution in [2.24, 2.45) is 0 Å². The minimum absolute atomic E-state index is 0.255. The predicted molar refractivity (Wildman–Crippen MR) is 63.1 cm³/mol. The lowest BCUT2D eigenvalue weighted by molar-refractivity contribution is 0.273. The Morgan fingerprint density at radius 2 is 1.71 bits per heavy atom. The van der Waals surface area contributed by atoms with Crippen LogP contribution in [0.2, 0.25) is 0 Å². The lowest BCUT2D eigenvalue weighted by Gasteiger charge is -2.06. The summed E-state index contributed by atoms with van der Waals surface area (Å²) in [7, 11) is 0. The monoisotopic (exact) mass is 254 g/mol. The number of nitriles is 1. The largest absolute Gasteiger partial charge is 0.464 e. The van der Waals surface area contributed by atoms with Gasteiger partial charge in [-0.1, -0.05) is 11.8 Å². The van der Waals surface area contributed by atoms with Gasteiger partial charge in [-0.25, -0.2) is 0 Å². The molecule has 0 atom stereocenters. The van der Waals surface area contributed by atoms with Gasteiger partial charge in [0.05, 0.1) is 19.3 Å². The standard InChI is InChI=1S/C10H14N4O2S/c1-3-15-8-12-9(16-4-2)14-10(13-8)17-7-5-6-11/h3-5,7H2,1-2H3. The fourth-order valence-electron chi connectivity index (χ4n) is 0.960. The second-order valence-electron chi connectivity index (χ2n) is 2.81. The minimum Gasteiger partial charge on any atom is -0.464 e. The molecule has 17 heavy (non-hydrogen) atoms. The Bertz CT molecular complexity index is 370. The van der Waals surface area contributed by atoms with Gasteiger partial charge in [0.2, 0.25) is 0 Å². The molecular formula is C10H14N4O2S. The first-order valence-corrected chi connectivity index (χ1v) is 6.30. The highest BCUT2D eigenvalue weighted by molar-refractivity contribution is 7.99. The number of nitrogens with zero attached hydrogens (tertiary/aromatic N) is 4. The van der Waals surface area contributed by atoms with Crippen molar-refractivity contribution in [1.29, 1.82) is 5.26 Å². The summed E-state index contributed by atoms with van der Waals surface area (Å²) in [4.78, 5) is 12.2. The quantitative estimate of drug-likeness (QED) is 0.540. The van der Waals surface area contributed by atoms with Crippen molar-refractivity contribution in [3.8, 4) is 18.1 Å². The topological polar surface area (TPSA) is 80.9 Å². The van der Waals surface area contributed by atoms with Gasteiger partial charge in [0, 0.05) is 12.2 Å². The number of hydrogen-bond donors (Lipinski definition) is 0. The third-order valence-corrected chi connectivity index (χ3v) is 2.41. The lowest BCUT2D eigenvalue weighted by Crippen LogP contribution is -2.04. The smallest absolute Gasteiger partial charge is 0.323 e. The molecule has 0 amide bonds. The molecule has 0 fully saturated rings. The van der Waals surface area contributed by atoms with E-state index < -0.39 is 0 Å². The molecular weight excluding hydrogens is 240 g/mol.